The summed E-state index contributed by atoms with van der Waals surface area (Å²) in [5.41, 5.74) is -0.0722. The Hall–Kier alpha value is -3.71. The molecular formula is C30H36O16. The van der Waals surface area contributed by atoms with Gasteiger partial charge in [0.05, 0.1) is 41.7 Å². The highest BCUT2D eigenvalue weighted by Crippen LogP contribution is 2.42. The number of aliphatic hydroxyl groups is 6. The van der Waals surface area contributed by atoms with Gasteiger partial charge in [-0.05, 0) is 12.1 Å². The van der Waals surface area contributed by atoms with E-state index in [0.29, 0.717) is 22.8 Å². The molecule has 2 saturated heterocycles. The molecule has 46 heavy (non-hydrogen) atoms. The molecule has 0 saturated carbocycles. The number of fused-ring (bicyclic) bond motifs is 1. The van der Waals surface area contributed by atoms with E-state index in [1.807, 2.05) is 0 Å². The molecule has 3 unspecified atom stereocenters. The van der Waals surface area contributed by atoms with Crippen LogP contribution in [0.1, 0.15) is 0 Å². The van der Waals surface area contributed by atoms with Gasteiger partial charge in [0.15, 0.2) is 23.2 Å². The number of benzene rings is 2. The summed E-state index contributed by atoms with van der Waals surface area (Å²) in [5.74, 6) is 1.23. The number of hydrogen-bond donors (Lipinski definition) is 6. The molecule has 3 aromatic rings. The van der Waals surface area contributed by atoms with Crippen LogP contribution in [0, 0.1) is 0 Å². The number of aliphatic hydroxyl groups excluding tert-OH is 6. The van der Waals surface area contributed by atoms with Crippen molar-refractivity contribution in [1.82, 2.24) is 0 Å². The zero-order valence-electron chi connectivity index (χ0n) is 25.3. The third-order valence-corrected chi connectivity index (χ3v) is 7.74. The van der Waals surface area contributed by atoms with Gasteiger partial charge < -0.3 is 73.0 Å². The van der Waals surface area contributed by atoms with E-state index in [2.05, 4.69) is 0 Å². The molecule has 3 heterocycles. The van der Waals surface area contributed by atoms with Gasteiger partial charge in [0.2, 0.25) is 12.0 Å². The minimum absolute atomic E-state index is 0.0422. The molecule has 6 N–H and O–H groups in total. The summed E-state index contributed by atoms with van der Waals surface area (Å²) in [4.78, 5) is 13.5. The molecule has 1 aromatic heterocycles. The van der Waals surface area contributed by atoms with Gasteiger partial charge in [-0.2, -0.15) is 0 Å². The summed E-state index contributed by atoms with van der Waals surface area (Å²) in [7, 11) is 5.73. The second-order valence-corrected chi connectivity index (χ2v) is 10.6. The first-order chi connectivity index (χ1) is 22.0. The predicted molar refractivity (Wildman–Crippen MR) is 155 cm³/mol. The Morgan fingerprint density at radius 1 is 0.739 bits per heavy atom. The highest BCUT2D eigenvalue weighted by molar-refractivity contribution is 5.86. The minimum atomic E-state index is -1.79. The van der Waals surface area contributed by atoms with E-state index in [4.69, 9.17) is 42.3 Å². The smallest absolute Gasteiger partial charge is 0.229 e. The van der Waals surface area contributed by atoms with Crippen molar-refractivity contribution in [2.75, 3.05) is 41.7 Å². The zero-order valence-corrected chi connectivity index (χ0v) is 25.3. The average Bonchev–Trinajstić information content (AvgIpc) is 3.06. The van der Waals surface area contributed by atoms with Crippen LogP contribution in [0.15, 0.2) is 39.5 Å². The van der Waals surface area contributed by atoms with Crippen molar-refractivity contribution in [2.45, 2.75) is 55.3 Å². The maximum Gasteiger partial charge on any atom is 0.229 e. The summed E-state index contributed by atoms with van der Waals surface area (Å²) in [6.07, 6.45) is -14.1. The third-order valence-electron chi connectivity index (χ3n) is 7.74. The standard InChI is InChI=1S/C30H36O16/c1-38-13-7-17-22(14(31)9-16(44-17)12-5-19(39-2)28(41-4)20(6-12)40-3)18(8-13)45-30-27(37)25(35)24(34)21(46-30)11-43-29-26(36)23(33)15(32)10-42-29/h5-9,15,21,23-27,29-30,32-37H,10-11H2,1-4H3/t15-,21?,23+,24-,25+,26?,27?,29+,30-/m1/s1. The Balaban J connectivity index is 1.44. The van der Waals surface area contributed by atoms with Crippen molar-refractivity contribution < 1.29 is 73.0 Å². The maximum atomic E-state index is 13.5. The lowest BCUT2D eigenvalue weighted by molar-refractivity contribution is -0.307. The largest absolute Gasteiger partial charge is 0.496 e. The normalized spacial score (nSPS) is 29.7. The summed E-state index contributed by atoms with van der Waals surface area (Å²) >= 11 is 0. The van der Waals surface area contributed by atoms with Crippen molar-refractivity contribution in [3.05, 3.63) is 40.6 Å². The van der Waals surface area contributed by atoms with Gasteiger partial charge in [-0.3, -0.25) is 4.79 Å². The molecule has 0 radical (unpaired) electrons. The molecule has 2 aliphatic rings. The van der Waals surface area contributed by atoms with Gasteiger partial charge in [0.25, 0.3) is 0 Å². The van der Waals surface area contributed by atoms with Crippen LogP contribution in [-0.4, -0.2) is 128 Å². The van der Waals surface area contributed by atoms with Gasteiger partial charge in [-0.15, -0.1) is 0 Å². The van der Waals surface area contributed by atoms with Crippen LogP contribution in [0.2, 0.25) is 0 Å². The van der Waals surface area contributed by atoms with E-state index in [0.717, 1.165) is 0 Å². The van der Waals surface area contributed by atoms with E-state index < -0.39 is 67.3 Å². The molecule has 0 spiro atoms. The van der Waals surface area contributed by atoms with E-state index in [-0.39, 0.29) is 34.8 Å². The van der Waals surface area contributed by atoms with Gasteiger partial charge in [-0.25, -0.2) is 0 Å². The lowest BCUT2D eigenvalue weighted by Crippen LogP contribution is -2.61. The Labute approximate surface area is 261 Å². The predicted octanol–water partition coefficient (Wildman–Crippen LogP) is -0.864. The van der Waals surface area contributed by atoms with E-state index >= 15 is 0 Å². The molecule has 5 rings (SSSR count). The highest BCUT2D eigenvalue weighted by Gasteiger charge is 2.46. The molecular weight excluding hydrogens is 616 g/mol. The number of rotatable bonds is 10. The first kappa shape index (κ1) is 33.6. The second kappa shape index (κ2) is 14.0. The van der Waals surface area contributed by atoms with Crippen LogP contribution >= 0.6 is 0 Å². The fourth-order valence-corrected chi connectivity index (χ4v) is 5.20. The molecule has 0 bridgehead atoms. The van der Waals surface area contributed by atoms with Crippen molar-refractivity contribution >= 4 is 11.0 Å². The summed E-state index contributed by atoms with van der Waals surface area (Å²) < 4.78 is 49.9. The first-order valence-electron chi connectivity index (χ1n) is 14.1. The maximum absolute atomic E-state index is 13.5. The summed E-state index contributed by atoms with van der Waals surface area (Å²) in [5, 5.41) is 61.5. The van der Waals surface area contributed by atoms with Crippen LogP contribution in [0.5, 0.6) is 28.7 Å². The van der Waals surface area contributed by atoms with E-state index in [1.54, 1.807) is 12.1 Å². The van der Waals surface area contributed by atoms with E-state index in [9.17, 15) is 35.4 Å². The second-order valence-electron chi connectivity index (χ2n) is 10.6. The quantitative estimate of drug-likeness (QED) is 0.157. The molecule has 16 nitrogen and oxygen atoms in total. The molecule has 0 aliphatic carbocycles. The highest BCUT2D eigenvalue weighted by atomic mass is 16.7. The van der Waals surface area contributed by atoms with Crippen LogP contribution in [0.4, 0.5) is 0 Å². The first-order valence-corrected chi connectivity index (χ1v) is 14.1. The van der Waals surface area contributed by atoms with Crippen LogP contribution in [0.25, 0.3) is 22.3 Å². The lowest BCUT2D eigenvalue weighted by atomic mass is 9.99. The van der Waals surface area contributed by atoms with Crippen molar-refractivity contribution in [3.8, 4) is 40.1 Å². The fraction of sp³-hybridized carbons (Fsp3) is 0.500. The summed E-state index contributed by atoms with van der Waals surface area (Å²) in [6.45, 7) is -0.814. The van der Waals surface area contributed by atoms with Gasteiger partial charge in [0, 0.05) is 23.8 Å². The van der Waals surface area contributed by atoms with E-state index in [1.165, 1.54) is 46.6 Å². The van der Waals surface area contributed by atoms with Crippen molar-refractivity contribution in [3.63, 3.8) is 0 Å². The third kappa shape index (κ3) is 6.44. The van der Waals surface area contributed by atoms with Gasteiger partial charge in [-0.1, -0.05) is 0 Å². The molecule has 2 aromatic carbocycles. The fourth-order valence-electron chi connectivity index (χ4n) is 5.20. The lowest BCUT2D eigenvalue weighted by Gasteiger charge is -2.41. The molecule has 16 heteroatoms. The van der Waals surface area contributed by atoms with Crippen molar-refractivity contribution in [2.24, 2.45) is 0 Å². The molecule has 252 valence electrons. The topological polar surface area (TPSA) is 225 Å². The van der Waals surface area contributed by atoms with Crippen LogP contribution in [-0.2, 0) is 14.2 Å². The molecule has 2 fully saturated rings. The SMILES string of the molecule is COc1cc(O[C@@H]2OC(CO[C@@H]3OC[C@@H](O)[C@H](O)C3O)[C@@H](O)[C@H](O)C2O)c2c(=O)cc(-c3cc(OC)c(OC)c(OC)c3)oc2c1. The average molecular weight is 653 g/mol. The molecule has 0 amide bonds. The molecule has 2 aliphatic heterocycles. The number of ether oxygens (including phenoxy) is 8. The van der Waals surface area contributed by atoms with Crippen LogP contribution in [0.3, 0.4) is 0 Å². The monoisotopic (exact) mass is 652 g/mol. The Morgan fingerprint density at radius 3 is 2.04 bits per heavy atom. The number of hydrogen-bond acceptors (Lipinski definition) is 16. The zero-order chi connectivity index (χ0) is 33.3. The van der Waals surface area contributed by atoms with Gasteiger partial charge in [0.1, 0.15) is 71.0 Å². The summed E-state index contributed by atoms with van der Waals surface area (Å²) in [6, 6.07) is 7.24. The Morgan fingerprint density at radius 2 is 1.41 bits per heavy atom. The van der Waals surface area contributed by atoms with Crippen molar-refractivity contribution in [1.29, 1.82) is 0 Å². The Kier molecular flexibility index (Phi) is 10.2. The van der Waals surface area contributed by atoms with Gasteiger partial charge >= 0.3 is 0 Å². The molecule has 9 atom stereocenters. The Bertz CT molecular complexity index is 1550. The minimum Gasteiger partial charge on any atom is -0.496 e. The number of methoxy groups -OCH3 is 4. The van der Waals surface area contributed by atoms with Crippen LogP contribution < -0.4 is 29.1 Å².